The van der Waals surface area contributed by atoms with Crippen LogP contribution in [0.2, 0.25) is 10.0 Å². The molecule has 0 heterocycles. The number of hydrogen-bond donors (Lipinski definition) is 2. The van der Waals surface area contributed by atoms with E-state index >= 15 is 0 Å². The van der Waals surface area contributed by atoms with Gasteiger partial charge in [0.1, 0.15) is 5.75 Å². The second-order valence-electron chi connectivity index (χ2n) is 4.09. The lowest BCUT2D eigenvalue weighted by atomic mass is 9.99. The van der Waals surface area contributed by atoms with Crippen molar-refractivity contribution in [2.45, 2.75) is 6.42 Å². The van der Waals surface area contributed by atoms with E-state index < -0.39 is 5.91 Å². The van der Waals surface area contributed by atoms with Crippen LogP contribution in [0, 0.1) is 0 Å². The van der Waals surface area contributed by atoms with Gasteiger partial charge >= 0.3 is 0 Å². The van der Waals surface area contributed by atoms with Crippen molar-refractivity contribution in [2.75, 3.05) is 0 Å². The van der Waals surface area contributed by atoms with Crippen LogP contribution >= 0.6 is 23.2 Å². The molecule has 5 heteroatoms. The smallest absolute Gasteiger partial charge is 0.248 e. The largest absolute Gasteiger partial charge is 0.506 e. The quantitative estimate of drug-likeness (QED) is 0.912. The van der Waals surface area contributed by atoms with E-state index in [9.17, 15) is 9.90 Å². The highest BCUT2D eigenvalue weighted by Gasteiger charge is 2.12. The van der Waals surface area contributed by atoms with Gasteiger partial charge in [-0.25, -0.2) is 0 Å². The van der Waals surface area contributed by atoms with Gasteiger partial charge in [0.05, 0.1) is 5.02 Å². The van der Waals surface area contributed by atoms with E-state index in [0.717, 1.165) is 0 Å². The zero-order chi connectivity index (χ0) is 14.0. The highest BCUT2D eigenvalue weighted by atomic mass is 35.5. The van der Waals surface area contributed by atoms with Gasteiger partial charge in [-0.1, -0.05) is 41.4 Å². The fraction of sp³-hybridized carbons (Fsp3) is 0.0714. The van der Waals surface area contributed by atoms with E-state index in [1.807, 2.05) is 0 Å². The van der Waals surface area contributed by atoms with Crippen molar-refractivity contribution < 1.29 is 9.90 Å². The number of hydrogen-bond acceptors (Lipinski definition) is 2. The second-order valence-corrected chi connectivity index (χ2v) is 4.94. The highest BCUT2D eigenvalue weighted by Crippen LogP contribution is 2.32. The van der Waals surface area contributed by atoms with Gasteiger partial charge in [-0.3, -0.25) is 4.79 Å². The summed E-state index contributed by atoms with van der Waals surface area (Å²) < 4.78 is 0. The number of benzene rings is 2. The molecule has 0 spiro atoms. The van der Waals surface area contributed by atoms with Crippen molar-refractivity contribution in [3.8, 4) is 5.75 Å². The van der Waals surface area contributed by atoms with Gasteiger partial charge in [-0.15, -0.1) is 0 Å². The van der Waals surface area contributed by atoms with Crippen LogP contribution in [0.5, 0.6) is 5.75 Å². The zero-order valence-corrected chi connectivity index (χ0v) is 11.4. The fourth-order valence-corrected chi connectivity index (χ4v) is 2.41. The summed E-state index contributed by atoms with van der Waals surface area (Å²) in [5.41, 5.74) is 6.99. The first-order valence-corrected chi connectivity index (χ1v) is 6.29. The van der Waals surface area contributed by atoms with E-state index in [1.165, 1.54) is 6.07 Å². The minimum atomic E-state index is -0.511. The minimum Gasteiger partial charge on any atom is -0.506 e. The average molecular weight is 296 g/mol. The van der Waals surface area contributed by atoms with E-state index in [0.29, 0.717) is 28.1 Å². The van der Waals surface area contributed by atoms with Crippen molar-refractivity contribution in [3.05, 3.63) is 63.1 Å². The molecule has 0 unspecified atom stereocenters. The third-order valence-corrected chi connectivity index (χ3v) is 3.28. The van der Waals surface area contributed by atoms with E-state index in [4.69, 9.17) is 28.9 Å². The van der Waals surface area contributed by atoms with Gasteiger partial charge in [0.25, 0.3) is 0 Å². The maximum Gasteiger partial charge on any atom is 0.248 e. The standard InChI is InChI=1S/C14H11Cl2NO2/c15-10-6-9(13(18)12(16)7-10)5-8-3-1-2-4-11(8)14(17)19/h1-4,6-7,18H,5H2,(H2,17,19). The van der Waals surface area contributed by atoms with Crippen molar-refractivity contribution in [1.82, 2.24) is 0 Å². The molecule has 0 fully saturated rings. The molecular formula is C14H11Cl2NO2. The second kappa shape index (κ2) is 5.51. The van der Waals surface area contributed by atoms with Crippen LogP contribution in [-0.4, -0.2) is 11.0 Å². The Kier molecular flexibility index (Phi) is 3.98. The van der Waals surface area contributed by atoms with Crippen molar-refractivity contribution in [3.63, 3.8) is 0 Å². The number of carbonyl (C=O) groups is 1. The Morgan fingerprint density at radius 3 is 2.53 bits per heavy atom. The van der Waals surface area contributed by atoms with Crippen molar-refractivity contribution >= 4 is 29.1 Å². The van der Waals surface area contributed by atoms with Crippen LogP contribution in [0.1, 0.15) is 21.5 Å². The van der Waals surface area contributed by atoms with Gasteiger partial charge in [0.15, 0.2) is 0 Å². The topological polar surface area (TPSA) is 63.3 Å². The Labute approximate surface area is 120 Å². The molecule has 19 heavy (non-hydrogen) atoms. The molecule has 1 amide bonds. The lowest BCUT2D eigenvalue weighted by molar-refractivity contribution is 0.0999. The van der Waals surface area contributed by atoms with E-state index in [-0.39, 0.29) is 10.8 Å². The number of rotatable bonds is 3. The van der Waals surface area contributed by atoms with Gasteiger partial charge in [-0.05, 0) is 23.8 Å². The molecule has 3 nitrogen and oxygen atoms in total. The molecule has 0 bridgehead atoms. The molecule has 0 saturated carbocycles. The summed E-state index contributed by atoms with van der Waals surface area (Å²) in [6.45, 7) is 0. The number of primary amides is 1. The summed E-state index contributed by atoms with van der Waals surface area (Å²) in [6, 6.07) is 10.0. The molecular weight excluding hydrogens is 285 g/mol. The van der Waals surface area contributed by atoms with Crippen molar-refractivity contribution in [1.29, 1.82) is 0 Å². The summed E-state index contributed by atoms with van der Waals surface area (Å²) in [4.78, 5) is 11.3. The number of phenols is 1. The van der Waals surface area contributed by atoms with Crippen LogP contribution < -0.4 is 5.73 Å². The molecule has 2 aromatic carbocycles. The molecule has 0 radical (unpaired) electrons. The first-order chi connectivity index (χ1) is 8.99. The Morgan fingerprint density at radius 1 is 1.16 bits per heavy atom. The Bertz CT molecular complexity index is 641. The summed E-state index contributed by atoms with van der Waals surface area (Å²) >= 11 is 11.8. The summed E-state index contributed by atoms with van der Waals surface area (Å²) in [5, 5.41) is 10.5. The Balaban J connectivity index is 2.45. The van der Waals surface area contributed by atoms with Crippen LogP contribution in [0.25, 0.3) is 0 Å². The molecule has 0 aliphatic rings. The monoisotopic (exact) mass is 295 g/mol. The number of nitrogens with two attached hydrogens (primary N) is 1. The van der Waals surface area contributed by atoms with Crippen LogP contribution in [0.3, 0.4) is 0 Å². The number of carbonyl (C=O) groups excluding carboxylic acids is 1. The lowest BCUT2D eigenvalue weighted by Gasteiger charge is -2.10. The molecule has 0 aliphatic heterocycles. The maximum atomic E-state index is 11.3. The maximum absolute atomic E-state index is 11.3. The molecule has 0 aliphatic carbocycles. The number of phenolic OH excluding ortho intramolecular Hbond substituents is 1. The molecule has 0 aromatic heterocycles. The molecule has 2 rings (SSSR count). The molecule has 3 N–H and O–H groups in total. The third kappa shape index (κ3) is 3.00. The number of halogens is 2. The molecule has 2 aromatic rings. The predicted octanol–water partition coefficient (Wildman–Crippen LogP) is 3.39. The number of aromatic hydroxyl groups is 1. The summed E-state index contributed by atoms with van der Waals surface area (Å²) in [5.74, 6) is -0.548. The Hall–Kier alpha value is -1.71. The third-order valence-electron chi connectivity index (χ3n) is 2.77. The van der Waals surface area contributed by atoms with E-state index in [1.54, 1.807) is 30.3 Å². The van der Waals surface area contributed by atoms with Gasteiger partial charge in [0.2, 0.25) is 5.91 Å². The molecule has 0 saturated heterocycles. The van der Waals surface area contributed by atoms with Crippen LogP contribution in [0.4, 0.5) is 0 Å². The first-order valence-electron chi connectivity index (χ1n) is 5.53. The van der Waals surface area contributed by atoms with Gasteiger partial charge in [0, 0.05) is 22.6 Å². The van der Waals surface area contributed by atoms with E-state index in [2.05, 4.69) is 0 Å². The zero-order valence-electron chi connectivity index (χ0n) is 9.86. The highest BCUT2D eigenvalue weighted by molar-refractivity contribution is 6.35. The van der Waals surface area contributed by atoms with Gasteiger partial charge in [-0.2, -0.15) is 0 Å². The summed E-state index contributed by atoms with van der Waals surface area (Å²) in [7, 11) is 0. The van der Waals surface area contributed by atoms with Crippen LogP contribution in [0.15, 0.2) is 36.4 Å². The molecule has 0 atom stereocenters. The SMILES string of the molecule is NC(=O)c1ccccc1Cc1cc(Cl)cc(Cl)c1O. The lowest BCUT2D eigenvalue weighted by Crippen LogP contribution is -2.13. The summed E-state index contributed by atoms with van der Waals surface area (Å²) in [6.07, 6.45) is 0.325. The Morgan fingerprint density at radius 2 is 1.84 bits per heavy atom. The normalized spacial score (nSPS) is 10.4. The fourth-order valence-electron chi connectivity index (χ4n) is 1.87. The first kappa shape index (κ1) is 13.7. The average Bonchev–Trinajstić information content (AvgIpc) is 2.35. The van der Waals surface area contributed by atoms with Gasteiger partial charge < -0.3 is 10.8 Å². The minimum absolute atomic E-state index is 0.0367. The predicted molar refractivity (Wildman–Crippen MR) is 75.9 cm³/mol. The van der Waals surface area contributed by atoms with Crippen molar-refractivity contribution in [2.24, 2.45) is 5.73 Å². The number of amides is 1. The van der Waals surface area contributed by atoms with Crippen LogP contribution in [-0.2, 0) is 6.42 Å². The molecule has 98 valence electrons.